The standard InChI is InChI=1S/C21H24N6O2/c28-20-5-4-19(21(29)25-20)27-18-3-1-2-16(17(18)11-24-27)15-10-23-26(13-15)12-14-6-8-22-9-7-14/h1-3,10-11,13-14,19,22H,4-9,12H2,(H,25,28,29). The Bertz CT molecular complexity index is 1060. The molecule has 3 aromatic rings. The van der Waals surface area contributed by atoms with Crippen LogP contribution in [0.15, 0.2) is 36.8 Å². The lowest BCUT2D eigenvalue weighted by molar-refractivity contribution is -0.135. The fourth-order valence-corrected chi connectivity index (χ4v) is 4.42. The highest BCUT2D eigenvalue weighted by molar-refractivity contribution is 6.01. The molecule has 0 spiro atoms. The third-order valence-corrected chi connectivity index (χ3v) is 5.99. The number of hydrogen-bond acceptors (Lipinski definition) is 5. The second kappa shape index (κ2) is 7.44. The monoisotopic (exact) mass is 392 g/mol. The van der Waals surface area contributed by atoms with Crippen LogP contribution in [0.4, 0.5) is 0 Å². The van der Waals surface area contributed by atoms with E-state index < -0.39 is 6.04 Å². The van der Waals surface area contributed by atoms with Gasteiger partial charge in [0.05, 0.1) is 17.9 Å². The number of carbonyl (C=O) groups excluding carboxylic acids is 2. The zero-order valence-corrected chi connectivity index (χ0v) is 16.2. The van der Waals surface area contributed by atoms with E-state index in [0.29, 0.717) is 18.8 Å². The van der Waals surface area contributed by atoms with Gasteiger partial charge in [-0.1, -0.05) is 12.1 Å². The van der Waals surface area contributed by atoms with Crippen molar-refractivity contribution >= 4 is 22.7 Å². The van der Waals surface area contributed by atoms with Crippen LogP contribution in [-0.2, 0) is 16.1 Å². The van der Waals surface area contributed by atoms with Crippen molar-refractivity contribution in [3.05, 3.63) is 36.8 Å². The maximum atomic E-state index is 12.3. The number of fused-ring (bicyclic) bond motifs is 1. The van der Waals surface area contributed by atoms with Crippen LogP contribution in [0.5, 0.6) is 0 Å². The number of nitrogens with zero attached hydrogens (tertiary/aromatic N) is 4. The van der Waals surface area contributed by atoms with Gasteiger partial charge in [-0.2, -0.15) is 10.2 Å². The maximum Gasteiger partial charge on any atom is 0.251 e. The molecule has 2 fully saturated rings. The molecule has 0 bridgehead atoms. The van der Waals surface area contributed by atoms with Crippen LogP contribution < -0.4 is 10.6 Å². The molecular weight excluding hydrogens is 368 g/mol. The quantitative estimate of drug-likeness (QED) is 0.661. The molecule has 5 rings (SSSR count). The molecule has 0 saturated carbocycles. The largest absolute Gasteiger partial charge is 0.317 e. The molecule has 1 atom stereocenters. The molecule has 8 heteroatoms. The normalized spacial score (nSPS) is 20.9. The minimum atomic E-state index is -0.455. The van der Waals surface area contributed by atoms with Crippen molar-refractivity contribution in [3.8, 4) is 11.1 Å². The minimum absolute atomic E-state index is 0.218. The second-order valence-electron chi connectivity index (χ2n) is 7.94. The molecule has 2 amide bonds. The Morgan fingerprint density at radius 2 is 1.93 bits per heavy atom. The van der Waals surface area contributed by atoms with E-state index in [1.807, 2.05) is 23.0 Å². The first-order valence-corrected chi connectivity index (χ1v) is 10.2. The summed E-state index contributed by atoms with van der Waals surface area (Å²) in [6.45, 7) is 3.10. The molecule has 150 valence electrons. The van der Waals surface area contributed by atoms with Crippen LogP contribution in [0.3, 0.4) is 0 Å². The van der Waals surface area contributed by atoms with Gasteiger partial charge < -0.3 is 5.32 Å². The molecule has 2 N–H and O–H groups in total. The summed E-state index contributed by atoms with van der Waals surface area (Å²) >= 11 is 0. The highest BCUT2D eigenvalue weighted by Gasteiger charge is 2.29. The third-order valence-electron chi connectivity index (χ3n) is 5.99. The molecule has 4 heterocycles. The molecule has 0 radical (unpaired) electrons. The zero-order valence-electron chi connectivity index (χ0n) is 16.2. The number of benzene rings is 1. The maximum absolute atomic E-state index is 12.3. The van der Waals surface area contributed by atoms with E-state index in [9.17, 15) is 9.59 Å². The number of carbonyl (C=O) groups is 2. The summed E-state index contributed by atoms with van der Waals surface area (Å²) in [5.41, 5.74) is 2.99. The summed E-state index contributed by atoms with van der Waals surface area (Å²) in [4.78, 5) is 23.7. The van der Waals surface area contributed by atoms with Gasteiger partial charge in [0.15, 0.2) is 0 Å². The van der Waals surface area contributed by atoms with E-state index >= 15 is 0 Å². The Kier molecular flexibility index (Phi) is 4.63. The molecule has 1 aromatic carbocycles. The van der Waals surface area contributed by atoms with Crippen LogP contribution >= 0.6 is 0 Å². The number of piperidine rings is 2. The summed E-state index contributed by atoms with van der Waals surface area (Å²) in [6.07, 6.45) is 8.98. The molecule has 8 nitrogen and oxygen atoms in total. The highest BCUT2D eigenvalue weighted by atomic mass is 16.2. The van der Waals surface area contributed by atoms with Crippen molar-refractivity contribution in [1.82, 2.24) is 30.2 Å². The van der Waals surface area contributed by atoms with E-state index in [1.165, 1.54) is 12.8 Å². The summed E-state index contributed by atoms with van der Waals surface area (Å²) < 4.78 is 3.77. The van der Waals surface area contributed by atoms with E-state index in [-0.39, 0.29) is 11.8 Å². The lowest BCUT2D eigenvalue weighted by Crippen LogP contribution is -2.42. The van der Waals surface area contributed by atoms with Gasteiger partial charge in [-0.3, -0.25) is 24.3 Å². The molecule has 1 unspecified atom stereocenters. The van der Waals surface area contributed by atoms with Gasteiger partial charge in [-0.05, 0) is 49.9 Å². The van der Waals surface area contributed by atoms with Gasteiger partial charge in [-0.25, -0.2) is 0 Å². The molecule has 0 aliphatic carbocycles. The number of nitrogens with one attached hydrogen (secondary N) is 2. The summed E-state index contributed by atoms with van der Waals surface area (Å²) in [7, 11) is 0. The van der Waals surface area contributed by atoms with Gasteiger partial charge in [0, 0.05) is 30.1 Å². The number of imide groups is 1. The average molecular weight is 392 g/mol. The smallest absolute Gasteiger partial charge is 0.251 e. The predicted molar refractivity (Wildman–Crippen MR) is 108 cm³/mol. The Hall–Kier alpha value is -3.00. The SMILES string of the molecule is O=C1CCC(n2ncc3c(-c4cnn(CC5CCNCC5)c4)cccc32)C(=O)N1. The van der Waals surface area contributed by atoms with Gasteiger partial charge in [0.2, 0.25) is 5.91 Å². The first kappa shape index (κ1) is 18.1. The lowest BCUT2D eigenvalue weighted by Gasteiger charge is -2.22. The number of rotatable bonds is 4. The van der Waals surface area contributed by atoms with Gasteiger partial charge in [0.1, 0.15) is 6.04 Å². The molecular formula is C21H24N6O2. The number of hydrogen-bond donors (Lipinski definition) is 2. The van der Waals surface area contributed by atoms with E-state index in [1.54, 1.807) is 10.9 Å². The van der Waals surface area contributed by atoms with Gasteiger partial charge >= 0.3 is 0 Å². The minimum Gasteiger partial charge on any atom is -0.317 e. The van der Waals surface area contributed by atoms with Gasteiger partial charge in [-0.15, -0.1) is 0 Å². The second-order valence-corrected chi connectivity index (χ2v) is 7.94. The van der Waals surface area contributed by atoms with Gasteiger partial charge in [0.25, 0.3) is 5.91 Å². The molecule has 2 saturated heterocycles. The van der Waals surface area contributed by atoms with Crippen LogP contribution in [0.25, 0.3) is 22.0 Å². The van der Waals surface area contributed by atoms with Crippen LogP contribution in [0.2, 0.25) is 0 Å². The molecule has 2 aliphatic rings. The predicted octanol–water partition coefficient (Wildman–Crippen LogP) is 1.88. The van der Waals surface area contributed by atoms with E-state index in [2.05, 4.69) is 33.1 Å². The first-order chi connectivity index (χ1) is 14.2. The number of amides is 2. The summed E-state index contributed by atoms with van der Waals surface area (Å²) in [5.74, 6) is 0.158. The third kappa shape index (κ3) is 3.44. The Morgan fingerprint density at radius 3 is 2.76 bits per heavy atom. The van der Waals surface area contributed by atoms with Crippen molar-refractivity contribution in [3.63, 3.8) is 0 Å². The van der Waals surface area contributed by atoms with Crippen molar-refractivity contribution in [2.24, 2.45) is 5.92 Å². The fraction of sp³-hybridized carbons (Fsp3) is 0.429. The van der Waals surface area contributed by atoms with E-state index in [0.717, 1.165) is 41.7 Å². The fourth-order valence-electron chi connectivity index (χ4n) is 4.42. The van der Waals surface area contributed by atoms with Crippen LogP contribution in [0.1, 0.15) is 31.7 Å². The average Bonchev–Trinajstić information content (AvgIpc) is 3.36. The lowest BCUT2D eigenvalue weighted by atomic mass is 9.98. The van der Waals surface area contributed by atoms with E-state index in [4.69, 9.17) is 0 Å². The highest BCUT2D eigenvalue weighted by Crippen LogP contribution is 2.31. The Labute approximate surface area is 168 Å². The number of aromatic nitrogens is 4. The zero-order chi connectivity index (χ0) is 19.8. The molecule has 2 aromatic heterocycles. The van der Waals surface area contributed by atoms with Crippen molar-refractivity contribution in [2.75, 3.05) is 13.1 Å². The van der Waals surface area contributed by atoms with Crippen molar-refractivity contribution in [1.29, 1.82) is 0 Å². The van der Waals surface area contributed by atoms with Crippen molar-refractivity contribution in [2.45, 2.75) is 38.3 Å². The summed E-state index contributed by atoms with van der Waals surface area (Å²) in [6, 6.07) is 5.55. The van der Waals surface area contributed by atoms with Crippen LogP contribution in [-0.4, -0.2) is 44.5 Å². The Morgan fingerprint density at radius 1 is 1.07 bits per heavy atom. The first-order valence-electron chi connectivity index (χ1n) is 10.2. The molecule has 29 heavy (non-hydrogen) atoms. The Balaban J connectivity index is 1.43. The topological polar surface area (TPSA) is 93.8 Å². The van der Waals surface area contributed by atoms with Crippen LogP contribution in [0, 0.1) is 5.92 Å². The molecule has 2 aliphatic heterocycles. The van der Waals surface area contributed by atoms with Crippen molar-refractivity contribution < 1.29 is 9.59 Å². The summed E-state index contributed by atoms with van der Waals surface area (Å²) in [5, 5.41) is 15.9.